The highest BCUT2D eigenvalue weighted by Gasteiger charge is 2.77. The molecule has 3 heteroatoms. The van der Waals surface area contributed by atoms with Crippen molar-refractivity contribution in [3.8, 4) is 0 Å². The van der Waals surface area contributed by atoms with Crippen LogP contribution in [0, 0.1) is 10.8 Å². The van der Waals surface area contributed by atoms with E-state index in [0.717, 1.165) is 25.7 Å². The van der Waals surface area contributed by atoms with Gasteiger partial charge in [-0.25, -0.2) is 0 Å². The topological polar surface area (TPSA) is 38.8 Å². The molecule has 1 heterocycles. The van der Waals surface area contributed by atoms with Gasteiger partial charge < -0.3 is 9.47 Å². The lowest BCUT2D eigenvalue weighted by Crippen LogP contribution is -2.64. The van der Waals surface area contributed by atoms with Crippen molar-refractivity contribution in [3.05, 3.63) is 0 Å². The number of hydrogen-bond acceptors (Lipinski definition) is 3. The van der Waals surface area contributed by atoms with Crippen LogP contribution in [0.3, 0.4) is 0 Å². The van der Waals surface area contributed by atoms with Crippen molar-refractivity contribution in [2.75, 3.05) is 0 Å². The molecule has 0 aromatic carbocycles. The Kier molecular flexibility index (Phi) is 2.16. The van der Waals surface area contributed by atoms with E-state index in [2.05, 4.69) is 27.7 Å². The first-order valence-corrected chi connectivity index (χ1v) is 7.00. The molecule has 0 amide bonds. The van der Waals surface area contributed by atoms with E-state index in [9.17, 15) is 4.79 Å². The van der Waals surface area contributed by atoms with Gasteiger partial charge >= 0.3 is 5.97 Å². The standard InChI is InChI=1S/C15H24O3/c1-10(16)17-14(5)6-7-15(14)9-12(2,3)8-13(4)11(15)18-13/h11H,6-9H2,1-5H3. The molecule has 0 aromatic rings. The minimum absolute atomic E-state index is 0.0174. The van der Waals surface area contributed by atoms with E-state index >= 15 is 0 Å². The zero-order chi connectivity index (χ0) is 13.4. The molecule has 0 N–H and O–H groups in total. The van der Waals surface area contributed by atoms with Gasteiger partial charge in [-0.2, -0.15) is 0 Å². The summed E-state index contributed by atoms with van der Waals surface area (Å²) in [5, 5.41) is 0. The average Bonchev–Trinajstić information content (AvgIpc) is 2.83. The molecule has 3 fully saturated rings. The second-order valence-corrected chi connectivity index (χ2v) is 7.81. The number of fused-ring (bicyclic) bond motifs is 2. The summed E-state index contributed by atoms with van der Waals surface area (Å²) in [7, 11) is 0. The molecule has 2 saturated carbocycles. The van der Waals surface area contributed by atoms with Gasteiger partial charge in [-0.05, 0) is 44.9 Å². The summed E-state index contributed by atoms with van der Waals surface area (Å²) in [6, 6.07) is 0. The van der Waals surface area contributed by atoms with Crippen LogP contribution in [0.2, 0.25) is 0 Å². The maximum absolute atomic E-state index is 11.4. The second kappa shape index (κ2) is 3.12. The fraction of sp³-hybridized carbons (Fsp3) is 0.933. The van der Waals surface area contributed by atoms with Gasteiger partial charge in [0.2, 0.25) is 0 Å². The van der Waals surface area contributed by atoms with Gasteiger partial charge in [-0.3, -0.25) is 4.79 Å². The van der Waals surface area contributed by atoms with Crippen molar-refractivity contribution in [3.63, 3.8) is 0 Å². The number of esters is 1. The quantitative estimate of drug-likeness (QED) is 0.532. The van der Waals surface area contributed by atoms with Crippen LogP contribution in [0.1, 0.15) is 60.3 Å². The molecule has 18 heavy (non-hydrogen) atoms. The van der Waals surface area contributed by atoms with E-state index in [1.54, 1.807) is 0 Å². The number of rotatable bonds is 1. The van der Waals surface area contributed by atoms with Crippen LogP contribution in [0.15, 0.2) is 0 Å². The summed E-state index contributed by atoms with van der Waals surface area (Å²) < 4.78 is 11.7. The van der Waals surface area contributed by atoms with E-state index in [0.29, 0.717) is 0 Å². The number of carbonyl (C=O) groups excluding carboxylic acids is 1. The zero-order valence-electron chi connectivity index (χ0n) is 12.1. The van der Waals surface area contributed by atoms with E-state index in [1.165, 1.54) is 6.92 Å². The summed E-state index contributed by atoms with van der Waals surface area (Å²) in [4.78, 5) is 11.4. The summed E-state index contributed by atoms with van der Waals surface area (Å²) >= 11 is 0. The molecule has 4 atom stereocenters. The summed E-state index contributed by atoms with van der Waals surface area (Å²) in [6.45, 7) is 10.4. The maximum atomic E-state index is 11.4. The van der Waals surface area contributed by atoms with Crippen molar-refractivity contribution < 1.29 is 14.3 Å². The molecule has 0 bridgehead atoms. The minimum Gasteiger partial charge on any atom is -0.459 e. The predicted molar refractivity (Wildman–Crippen MR) is 68.1 cm³/mol. The van der Waals surface area contributed by atoms with Crippen LogP contribution >= 0.6 is 0 Å². The lowest BCUT2D eigenvalue weighted by Gasteiger charge is -2.60. The van der Waals surface area contributed by atoms with Crippen LogP contribution in [0.25, 0.3) is 0 Å². The van der Waals surface area contributed by atoms with Gasteiger partial charge in [0, 0.05) is 12.3 Å². The molecular weight excluding hydrogens is 228 g/mol. The lowest BCUT2D eigenvalue weighted by molar-refractivity contribution is -0.218. The maximum Gasteiger partial charge on any atom is 0.303 e. The molecule has 3 rings (SSSR count). The van der Waals surface area contributed by atoms with E-state index in [4.69, 9.17) is 9.47 Å². The predicted octanol–water partition coefficient (Wildman–Crippen LogP) is 3.07. The lowest BCUT2D eigenvalue weighted by atomic mass is 9.46. The minimum atomic E-state index is -0.320. The van der Waals surface area contributed by atoms with Gasteiger partial charge in [0.25, 0.3) is 0 Å². The molecule has 0 radical (unpaired) electrons. The highest BCUT2D eigenvalue weighted by molar-refractivity contribution is 5.67. The number of epoxide rings is 1. The van der Waals surface area contributed by atoms with Crippen molar-refractivity contribution in [1.82, 2.24) is 0 Å². The second-order valence-electron chi connectivity index (χ2n) is 7.81. The Bertz CT molecular complexity index is 413. The fourth-order valence-corrected chi connectivity index (χ4v) is 4.98. The number of carbonyl (C=O) groups is 1. The largest absolute Gasteiger partial charge is 0.459 e. The Balaban J connectivity index is 1.93. The number of hydrogen-bond donors (Lipinski definition) is 0. The normalized spacial score (nSPS) is 52.4. The van der Waals surface area contributed by atoms with Gasteiger partial charge in [0.05, 0.1) is 11.7 Å². The molecule has 1 saturated heterocycles. The zero-order valence-corrected chi connectivity index (χ0v) is 12.1. The summed E-state index contributed by atoms with van der Waals surface area (Å²) in [5.41, 5.74) is 0.0152. The Morgan fingerprint density at radius 1 is 1.17 bits per heavy atom. The Labute approximate surface area is 109 Å². The molecule has 0 aromatic heterocycles. The Morgan fingerprint density at radius 3 is 2.33 bits per heavy atom. The summed E-state index contributed by atoms with van der Waals surface area (Å²) in [5.74, 6) is -0.165. The van der Waals surface area contributed by atoms with E-state index < -0.39 is 0 Å². The van der Waals surface area contributed by atoms with Crippen molar-refractivity contribution in [2.45, 2.75) is 77.6 Å². The van der Waals surface area contributed by atoms with E-state index in [-0.39, 0.29) is 34.1 Å². The number of ether oxygens (including phenoxy) is 2. The molecule has 3 nitrogen and oxygen atoms in total. The molecule has 102 valence electrons. The molecule has 4 unspecified atom stereocenters. The van der Waals surface area contributed by atoms with Gasteiger partial charge in [-0.1, -0.05) is 13.8 Å². The van der Waals surface area contributed by atoms with Crippen molar-refractivity contribution >= 4 is 5.97 Å². The monoisotopic (exact) mass is 252 g/mol. The third-order valence-corrected chi connectivity index (χ3v) is 5.48. The van der Waals surface area contributed by atoms with Crippen LogP contribution in [-0.4, -0.2) is 23.3 Å². The molecule has 1 spiro atoms. The Hall–Kier alpha value is -0.570. The highest BCUT2D eigenvalue weighted by atomic mass is 16.6. The molecule has 3 aliphatic rings. The highest BCUT2D eigenvalue weighted by Crippen LogP contribution is 2.72. The molecular formula is C15H24O3. The molecule has 2 aliphatic carbocycles. The van der Waals surface area contributed by atoms with Crippen molar-refractivity contribution in [2.24, 2.45) is 10.8 Å². The summed E-state index contributed by atoms with van der Waals surface area (Å²) in [6.07, 6.45) is 4.60. The SMILES string of the molecule is CC(=O)OC1(C)CCC12CC(C)(C)CC1(C)OC12. The first kappa shape index (κ1) is 12.5. The van der Waals surface area contributed by atoms with Crippen LogP contribution in [0.4, 0.5) is 0 Å². The smallest absolute Gasteiger partial charge is 0.303 e. The fourth-order valence-electron chi connectivity index (χ4n) is 4.98. The van der Waals surface area contributed by atoms with E-state index in [1.807, 2.05) is 0 Å². The molecule has 1 aliphatic heterocycles. The van der Waals surface area contributed by atoms with Crippen molar-refractivity contribution in [1.29, 1.82) is 0 Å². The third-order valence-electron chi connectivity index (χ3n) is 5.48. The van der Waals surface area contributed by atoms with Crippen LogP contribution in [-0.2, 0) is 14.3 Å². The van der Waals surface area contributed by atoms with Gasteiger partial charge in [-0.15, -0.1) is 0 Å². The van der Waals surface area contributed by atoms with Crippen LogP contribution < -0.4 is 0 Å². The Morgan fingerprint density at radius 2 is 1.83 bits per heavy atom. The third kappa shape index (κ3) is 1.43. The van der Waals surface area contributed by atoms with Gasteiger partial charge in [0.15, 0.2) is 0 Å². The van der Waals surface area contributed by atoms with Crippen LogP contribution in [0.5, 0.6) is 0 Å². The first-order valence-electron chi connectivity index (χ1n) is 7.00. The first-order chi connectivity index (χ1) is 8.13. The average molecular weight is 252 g/mol. The van der Waals surface area contributed by atoms with Gasteiger partial charge in [0.1, 0.15) is 5.60 Å².